The number of ether oxygens (including phenoxy) is 4. The average molecular weight is 476 g/mol. The van der Waals surface area contributed by atoms with Gasteiger partial charge in [-0.25, -0.2) is 0 Å². The number of hydrogen-bond donors (Lipinski definition) is 0. The molecule has 0 aliphatic carbocycles. The van der Waals surface area contributed by atoms with Gasteiger partial charge in [0.15, 0.2) is 0 Å². The molecule has 1 radical (unpaired) electrons. The summed E-state index contributed by atoms with van der Waals surface area (Å²) in [6, 6.07) is 0. The van der Waals surface area contributed by atoms with E-state index in [4.69, 9.17) is 0 Å². The average Bonchev–Trinajstić information content (AvgIpc) is 2.30. The van der Waals surface area contributed by atoms with Crippen LogP contribution in [0, 0.1) is 49.4 Å². The molecule has 0 aromatic carbocycles. The molecule has 0 aromatic heterocycles. The van der Waals surface area contributed by atoms with Gasteiger partial charge < -0.3 is 27.6 Å². The van der Waals surface area contributed by atoms with Crippen molar-refractivity contribution in [2.75, 3.05) is 83.1 Å². The second-order valence-electron chi connectivity index (χ2n) is 2.87. The monoisotopic (exact) mass is 477 g/mol. The van der Waals surface area contributed by atoms with Gasteiger partial charge in [0.25, 0.3) is 0 Å². The van der Waals surface area contributed by atoms with Gasteiger partial charge in [0, 0.05) is 28.4 Å². The molecule has 145 valence electrons. The molecular formula is C12H44B4EuN2O4. The van der Waals surface area contributed by atoms with Gasteiger partial charge in [0.2, 0.25) is 0 Å². The van der Waals surface area contributed by atoms with Gasteiger partial charge in [0.05, 0.1) is 26.4 Å². The fourth-order valence-corrected chi connectivity index (χ4v) is 0.333. The second-order valence-corrected chi connectivity index (χ2v) is 2.87. The van der Waals surface area contributed by atoms with E-state index in [2.05, 4.69) is 47.1 Å². The van der Waals surface area contributed by atoms with Crippen molar-refractivity contribution >= 4 is 31.9 Å². The van der Waals surface area contributed by atoms with E-state index in [0.717, 1.165) is 0 Å². The van der Waals surface area contributed by atoms with Crippen molar-refractivity contribution in [3.05, 3.63) is 0 Å². The fourth-order valence-electron chi connectivity index (χ4n) is 0.333. The van der Waals surface area contributed by atoms with E-state index in [1.54, 1.807) is 28.4 Å². The zero-order chi connectivity index (χ0) is 18.7. The quantitative estimate of drug-likeness (QED) is 0.289. The van der Waals surface area contributed by atoms with Crippen molar-refractivity contribution in [3.8, 4) is 0 Å². The summed E-state index contributed by atoms with van der Waals surface area (Å²) in [5, 5.41) is 0. The molecule has 0 saturated carbocycles. The number of methoxy groups -OCH3 is 4. The van der Waals surface area contributed by atoms with Crippen LogP contribution in [0.25, 0.3) is 0 Å². The first-order chi connectivity index (χ1) is 9.83. The van der Waals surface area contributed by atoms with E-state index in [9.17, 15) is 0 Å². The molecule has 0 aliphatic rings. The van der Waals surface area contributed by atoms with Gasteiger partial charge in [-0.1, -0.05) is 0 Å². The van der Waals surface area contributed by atoms with E-state index in [1.807, 2.05) is 0 Å². The standard InChI is InChI=1S/2C4H10O2.2C2H12B2N.Eu/c2*1-5-3-4-6-2;2*1-5(2,3)4;/h2*3-4H2,1-2H3;2*1-4H3;/q;;2*-1;+2. The van der Waals surface area contributed by atoms with Crippen LogP contribution in [0.5, 0.6) is 0 Å². The Hall–Kier alpha value is 1.60. The maximum atomic E-state index is 4.66. The minimum atomic E-state index is 0. The largest absolute Gasteiger partial charge is 2.00 e. The van der Waals surface area contributed by atoms with Crippen LogP contribution < -0.4 is 0 Å². The molecule has 0 rings (SSSR count). The van der Waals surface area contributed by atoms with E-state index < -0.39 is 0 Å². The summed E-state index contributed by atoms with van der Waals surface area (Å²) in [7, 11) is 18.6. The molecule has 11 heteroatoms. The van der Waals surface area contributed by atoms with Crippen LogP contribution in [0.4, 0.5) is 0 Å². The molecule has 0 amide bonds. The zero-order valence-corrected chi connectivity index (χ0v) is 16.2. The Morgan fingerprint density at radius 1 is 0.522 bits per heavy atom. The summed E-state index contributed by atoms with van der Waals surface area (Å²) >= 11 is 0. The van der Waals surface area contributed by atoms with Gasteiger partial charge in [-0.05, 0) is 28.2 Å². The summed E-state index contributed by atoms with van der Waals surface area (Å²) in [5.74, 6) is 0. The first kappa shape index (κ1) is 35.7. The Bertz CT molecular complexity index is 157. The van der Waals surface area contributed by atoms with Crippen LogP contribution in [0.2, 0.25) is 0 Å². The number of hydrogen-bond acceptors (Lipinski definition) is 4. The smallest absolute Gasteiger partial charge is 0.741 e. The normalized spacial score (nSPS) is 9.91. The predicted octanol–water partition coefficient (Wildman–Crippen LogP) is -4.19. The van der Waals surface area contributed by atoms with Gasteiger partial charge in [-0.15, -0.1) is 0 Å². The number of nitrogens with zero attached hydrogens (tertiary/aromatic N) is 2. The molecule has 0 spiro atoms. The van der Waals surface area contributed by atoms with Crippen molar-refractivity contribution in [1.82, 2.24) is 0 Å². The minimum absolute atomic E-state index is 0. The third-order valence-electron chi connectivity index (χ3n) is 0.983. The zero-order valence-electron chi connectivity index (χ0n) is 13.7. The molecule has 0 unspecified atom stereocenters. The maximum Gasteiger partial charge on any atom is 2.00 e. The van der Waals surface area contributed by atoms with Crippen molar-refractivity contribution < 1.29 is 76.9 Å². The Labute approximate surface area is 190 Å². The minimum Gasteiger partial charge on any atom is -0.741 e. The van der Waals surface area contributed by atoms with E-state index in [0.29, 0.717) is 58.4 Å². The molecule has 0 bridgehead atoms. The maximum absolute atomic E-state index is 4.66. The molecule has 0 atom stereocenters. The van der Waals surface area contributed by atoms with Crippen LogP contribution >= 0.6 is 0 Å². The van der Waals surface area contributed by atoms with Gasteiger partial charge >= 0.3 is 49.4 Å². The van der Waals surface area contributed by atoms with Gasteiger partial charge in [-0.2, -0.15) is 0 Å². The van der Waals surface area contributed by atoms with Crippen molar-refractivity contribution in [2.45, 2.75) is 0 Å². The summed E-state index contributed by atoms with van der Waals surface area (Å²) < 4.78 is 21.6. The Balaban J connectivity index is -0.0000000620. The number of quaternary nitrogens is 2. The molecule has 0 saturated heterocycles. The summed E-state index contributed by atoms with van der Waals surface area (Å²) in [6.45, 7) is 2.76. The third kappa shape index (κ3) is 191. The fraction of sp³-hybridized carbons (Fsp3) is 1.00. The molecule has 0 fully saturated rings. The first-order valence-electron chi connectivity index (χ1n) is 5.58. The molecule has 6 nitrogen and oxygen atoms in total. The van der Waals surface area contributed by atoms with Gasteiger partial charge in [-0.3, -0.25) is 0 Å². The Morgan fingerprint density at radius 2 is 0.609 bits per heavy atom. The number of rotatable bonds is 6. The predicted molar refractivity (Wildman–Crippen MR) is 111 cm³/mol. The van der Waals surface area contributed by atoms with E-state index >= 15 is 0 Å². The van der Waals surface area contributed by atoms with Crippen molar-refractivity contribution in [2.24, 2.45) is 0 Å². The Kier molecular flexibility index (Phi) is 40.1. The van der Waals surface area contributed by atoms with Crippen LogP contribution in [0.15, 0.2) is 0 Å². The third-order valence-corrected chi connectivity index (χ3v) is 0.983. The van der Waals surface area contributed by atoms with Crippen molar-refractivity contribution in [3.63, 3.8) is 0 Å². The molecule has 0 aromatic rings. The second kappa shape index (κ2) is 25.8. The summed E-state index contributed by atoms with van der Waals surface area (Å²) in [5.41, 5.74) is 0. The summed E-state index contributed by atoms with van der Waals surface area (Å²) in [6.07, 6.45) is 0. The van der Waals surface area contributed by atoms with Crippen LogP contribution in [0.3, 0.4) is 0 Å². The molecule has 0 heterocycles. The Morgan fingerprint density at radius 3 is 0.652 bits per heavy atom. The van der Waals surface area contributed by atoms with Crippen molar-refractivity contribution in [1.29, 1.82) is 0 Å². The van der Waals surface area contributed by atoms with Gasteiger partial charge in [0.1, 0.15) is 31.9 Å². The topological polar surface area (TPSA) is 36.9 Å². The van der Waals surface area contributed by atoms with Crippen LogP contribution in [-0.2, 0) is 18.9 Å². The molecular weight excluding hydrogens is 431 g/mol. The SMILES string of the molecule is COCCOC.COCCOC.[BH3-][N+]([BH3-])(C)C.[BH3-][N+]([BH3-])(C)C.[Eu+2]. The first-order valence-corrected chi connectivity index (χ1v) is 5.58. The summed E-state index contributed by atoms with van der Waals surface area (Å²) in [4.78, 5) is 0. The van der Waals surface area contributed by atoms with E-state index in [-0.39, 0.29) is 49.4 Å². The van der Waals surface area contributed by atoms with Crippen LogP contribution in [0.1, 0.15) is 0 Å². The van der Waals surface area contributed by atoms with E-state index in [1.165, 1.54) is 8.61 Å². The molecule has 0 N–H and O–H groups in total. The molecule has 23 heavy (non-hydrogen) atoms. The molecule has 0 aliphatic heterocycles. The van der Waals surface area contributed by atoms with Crippen LogP contribution in [-0.4, -0.2) is 124 Å².